The van der Waals surface area contributed by atoms with Crippen LogP contribution in [-0.2, 0) is 16.6 Å². The molecule has 0 amide bonds. The van der Waals surface area contributed by atoms with Gasteiger partial charge in [-0.15, -0.1) is 11.3 Å². The molecule has 0 radical (unpaired) electrons. The van der Waals surface area contributed by atoms with Gasteiger partial charge in [0, 0.05) is 12.1 Å². The molecule has 0 saturated carbocycles. The zero-order valence-corrected chi connectivity index (χ0v) is 13.7. The molecule has 19 heavy (non-hydrogen) atoms. The van der Waals surface area contributed by atoms with Gasteiger partial charge in [0.15, 0.2) is 0 Å². The lowest BCUT2D eigenvalue weighted by molar-refractivity contribution is 0.389. The number of nitrogens with one attached hydrogen (secondary N) is 2. The van der Waals surface area contributed by atoms with E-state index in [1.54, 1.807) is 6.07 Å². The number of sulfonamides is 1. The summed E-state index contributed by atoms with van der Waals surface area (Å²) in [5.41, 5.74) is 0.645. The summed E-state index contributed by atoms with van der Waals surface area (Å²) >= 11 is 1.28. The van der Waals surface area contributed by atoms with Crippen LogP contribution in [0.4, 0.5) is 0 Å². The number of rotatable bonds is 8. The van der Waals surface area contributed by atoms with Gasteiger partial charge in [-0.25, -0.2) is 13.1 Å². The van der Waals surface area contributed by atoms with Crippen LogP contribution in [0.15, 0.2) is 15.7 Å². The summed E-state index contributed by atoms with van der Waals surface area (Å²) in [7, 11) is -3.41. The van der Waals surface area contributed by atoms with Gasteiger partial charge in [-0.2, -0.15) is 0 Å². The SMILES string of the molecule is CCNCc1csc(S(=O)(=O)NC(C)(CC)CC)c1. The molecule has 1 aromatic rings. The first-order valence-electron chi connectivity index (χ1n) is 6.69. The van der Waals surface area contributed by atoms with Gasteiger partial charge in [-0.05, 0) is 43.3 Å². The zero-order chi connectivity index (χ0) is 14.5. The Morgan fingerprint density at radius 2 is 1.89 bits per heavy atom. The van der Waals surface area contributed by atoms with E-state index in [1.165, 1.54) is 11.3 Å². The van der Waals surface area contributed by atoms with Crippen molar-refractivity contribution in [3.63, 3.8) is 0 Å². The van der Waals surface area contributed by atoms with Gasteiger partial charge in [0.25, 0.3) is 10.0 Å². The minimum Gasteiger partial charge on any atom is -0.313 e. The minimum absolute atomic E-state index is 0.370. The van der Waals surface area contributed by atoms with Crippen molar-refractivity contribution < 1.29 is 8.42 Å². The van der Waals surface area contributed by atoms with E-state index >= 15 is 0 Å². The van der Waals surface area contributed by atoms with Crippen LogP contribution >= 0.6 is 11.3 Å². The maximum absolute atomic E-state index is 12.3. The third-order valence-corrected chi connectivity index (χ3v) is 6.54. The lowest BCUT2D eigenvalue weighted by Gasteiger charge is -2.27. The summed E-state index contributed by atoms with van der Waals surface area (Å²) in [5.74, 6) is 0. The van der Waals surface area contributed by atoms with Crippen molar-refractivity contribution in [3.05, 3.63) is 17.0 Å². The lowest BCUT2D eigenvalue weighted by Crippen LogP contribution is -2.44. The van der Waals surface area contributed by atoms with Crippen LogP contribution in [0.2, 0.25) is 0 Å². The summed E-state index contributed by atoms with van der Waals surface area (Å²) in [6.45, 7) is 9.55. The predicted octanol–water partition coefficient (Wildman–Crippen LogP) is 2.71. The standard InChI is InChI=1S/C13H24N2O2S2/c1-5-13(4,6-2)15-19(16,17)12-8-11(10-18-12)9-14-7-3/h8,10,14-15H,5-7,9H2,1-4H3. The normalized spacial score (nSPS) is 12.8. The fraction of sp³-hybridized carbons (Fsp3) is 0.692. The second-order valence-corrected chi connectivity index (χ2v) is 7.75. The molecule has 0 bridgehead atoms. The van der Waals surface area contributed by atoms with Gasteiger partial charge in [-0.1, -0.05) is 20.8 Å². The molecule has 0 aliphatic heterocycles. The van der Waals surface area contributed by atoms with E-state index in [1.807, 2.05) is 33.1 Å². The van der Waals surface area contributed by atoms with Crippen molar-refractivity contribution in [2.24, 2.45) is 0 Å². The number of thiophene rings is 1. The average Bonchev–Trinajstić information content (AvgIpc) is 2.85. The second kappa shape index (κ2) is 6.83. The van der Waals surface area contributed by atoms with Gasteiger partial charge in [0.05, 0.1) is 0 Å². The second-order valence-electron chi connectivity index (χ2n) is 4.93. The Bertz CT molecular complexity index is 490. The fourth-order valence-electron chi connectivity index (χ4n) is 1.63. The van der Waals surface area contributed by atoms with Crippen LogP contribution in [0.3, 0.4) is 0 Å². The Hall–Kier alpha value is -0.430. The Balaban J connectivity index is 2.85. The summed E-state index contributed by atoms with van der Waals surface area (Å²) in [6.07, 6.45) is 1.55. The zero-order valence-electron chi connectivity index (χ0n) is 12.1. The lowest BCUT2D eigenvalue weighted by atomic mass is 9.98. The van der Waals surface area contributed by atoms with E-state index in [2.05, 4.69) is 10.0 Å². The van der Waals surface area contributed by atoms with Crippen LogP contribution < -0.4 is 10.0 Å². The molecule has 1 aromatic heterocycles. The van der Waals surface area contributed by atoms with Crippen LogP contribution in [0.5, 0.6) is 0 Å². The van der Waals surface area contributed by atoms with Crippen LogP contribution in [0.1, 0.15) is 46.1 Å². The molecule has 1 rings (SSSR count). The van der Waals surface area contributed by atoms with Gasteiger partial charge < -0.3 is 5.32 Å². The molecule has 1 heterocycles. The molecule has 0 aliphatic carbocycles. The Kier molecular flexibility index (Phi) is 5.98. The van der Waals surface area contributed by atoms with Crippen LogP contribution in [0.25, 0.3) is 0 Å². The van der Waals surface area contributed by atoms with Gasteiger partial charge in [-0.3, -0.25) is 0 Å². The highest BCUT2D eigenvalue weighted by atomic mass is 32.2. The summed E-state index contributed by atoms with van der Waals surface area (Å²) < 4.78 is 27.9. The number of hydrogen-bond acceptors (Lipinski definition) is 4. The molecule has 0 fully saturated rings. The maximum atomic E-state index is 12.3. The van der Waals surface area contributed by atoms with Crippen molar-refractivity contribution in [1.82, 2.24) is 10.0 Å². The van der Waals surface area contributed by atoms with Crippen molar-refractivity contribution in [2.75, 3.05) is 6.54 Å². The number of hydrogen-bond donors (Lipinski definition) is 2. The van der Waals surface area contributed by atoms with Crippen LogP contribution in [-0.4, -0.2) is 20.5 Å². The third kappa shape index (κ3) is 4.56. The highest BCUT2D eigenvalue weighted by Crippen LogP contribution is 2.24. The smallest absolute Gasteiger partial charge is 0.250 e. The molecule has 0 unspecified atom stereocenters. The monoisotopic (exact) mass is 304 g/mol. The molecular weight excluding hydrogens is 280 g/mol. The molecule has 0 spiro atoms. The van der Waals surface area contributed by atoms with E-state index in [-0.39, 0.29) is 5.54 Å². The first-order valence-corrected chi connectivity index (χ1v) is 9.05. The Morgan fingerprint density at radius 1 is 1.26 bits per heavy atom. The highest BCUT2D eigenvalue weighted by Gasteiger charge is 2.28. The Labute approximate surface area is 120 Å². The van der Waals surface area contributed by atoms with E-state index in [9.17, 15) is 8.42 Å². The Morgan fingerprint density at radius 3 is 2.42 bits per heavy atom. The third-order valence-electron chi connectivity index (χ3n) is 3.42. The topological polar surface area (TPSA) is 58.2 Å². The average molecular weight is 304 g/mol. The molecule has 4 nitrogen and oxygen atoms in total. The first-order chi connectivity index (χ1) is 8.87. The van der Waals surface area contributed by atoms with Crippen molar-refractivity contribution in [2.45, 2.75) is 56.8 Å². The maximum Gasteiger partial charge on any atom is 0.250 e. The van der Waals surface area contributed by atoms with E-state index in [0.29, 0.717) is 10.8 Å². The molecule has 110 valence electrons. The van der Waals surface area contributed by atoms with Crippen molar-refractivity contribution in [1.29, 1.82) is 0 Å². The summed E-state index contributed by atoms with van der Waals surface area (Å²) in [4.78, 5) is 0. The van der Waals surface area contributed by atoms with E-state index in [4.69, 9.17) is 0 Å². The summed E-state index contributed by atoms with van der Waals surface area (Å²) in [5, 5.41) is 5.09. The van der Waals surface area contributed by atoms with Crippen molar-refractivity contribution in [3.8, 4) is 0 Å². The predicted molar refractivity (Wildman–Crippen MR) is 81.0 cm³/mol. The van der Waals surface area contributed by atoms with Crippen LogP contribution in [0, 0.1) is 0 Å². The van der Waals surface area contributed by atoms with E-state index in [0.717, 1.165) is 24.9 Å². The van der Waals surface area contributed by atoms with Gasteiger partial charge in [0.2, 0.25) is 0 Å². The molecule has 2 N–H and O–H groups in total. The quantitative estimate of drug-likeness (QED) is 0.776. The molecule has 6 heteroatoms. The molecule has 0 aliphatic rings. The first kappa shape index (κ1) is 16.6. The highest BCUT2D eigenvalue weighted by molar-refractivity contribution is 7.91. The van der Waals surface area contributed by atoms with Gasteiger partial charge in [0.1, 0.15) is 4.21 Å². The molecular formula is C13H24N2O2S2. The van der Waals surface area contributed by atoms with Crippen molar-refractivity contribution >= 4 is 21.4 Å². The molecule has 0 atom stereocenters. The van der Waals surface area contributed by atoms with Gasteiger partial charge >= 0.3 is 0 Å². The molecule has 0 aromatic carbocycles. The fourth-order valence-corrected chi connectivity index (χ4v) is 4.38. The van der Waals surface area contributed by atoms with E-state index < -0.39 is 10.0 Å². The largest absolute Gasteiger partial charge is 0.313 e. The summed E-state index contributed by atoms with van der Waals surface area (Å²) in [6, 6.07) is 1.75. The molecule has 0 saturated heterocycles. The minimum atomic E-state index is -3.41.